The Hall–Kier alpha value is -0.730. The van der Waals surface area contributed by atoms with Gasteiger partial charge in [-0.3, -0.25) is 4.55 Å². The molecule has 0 radical (unpaired) electrons. The Kier molecular flexibility index (Phi) is 3.40. The topological polar surface area (TPSA) is 80.2 Å². The van der Waals surface area contributed by atoms with Crippen molar-refractivity contribution < 1.29 is 17.4 Å². The summed E-state index contributed by atoms with van der Waals surface area (Å²) < 4.78 is 40.7. The second kappa shape index (κ2) is 4.20. The Bertz CT molecular complexity index is 406. The lowest BCUT2D eigenvalue weighted by atomic mass is 10.4. The van der Waals surface area contributed by atoms with E-state index < -0.39 is 20.5 Å². The van der Waals surface area contributed by atoms with Crippen LogP contribution in [0, 0.1) is 5.82 Å². The summed E-state index contributed by atoms with van der Waals surface area (Å²) >= 11 is 3.64. The Morgan fingerprint density at radius 1 is 1.50 bits per heavy atom. The fraction of sp³-hybridized carbons (Fsp3) is 0.333. The molecule has 0 saturated carbocycles. The van der Waals surface area contributed by atoms with Crippen LogP contribution in [0.25, 0.3) is 0 Å². The summed E-state index contributed by atoms with van der Waals surface area (Å²) in [6, 6.07) is 0. The van der Waals surface area contributed by atoms with Crippen LogP contribution in [-0.4, -0.2) is 27.5 Å². The smallest absolute Gasteiger partial charge is 0.277 e. The molecule has 1 N–H and O–H groups in total. The van der Waals surface area contributed by atoms with Crippen molar-refractivity contribution in [1.82, 2.24) is 9.97 Å². The van der Waals surface area contributed by atoms with Crippen LogP contribution in [0.3, 0.4) is 0 Å². The normalized spacial score (nSPS) is 13.9. The lowest BCUT2D eigenvalue weighted by Gasteiger charge is -2.04. The number of rotatable bonds is 3. The number of hydrogen-bond donors (Lipinski definition) is 2. The molecular weight excluding hydrogens is 231 g/mol. The lowest BCUT2D eigenvalue weighted by molar-refractivity contribution is 0.479. The third-order valence-electron chi connectivity index (χ3n) is 1.37. The number of aromatic nitrogens is 2. The van der Waals surface area contributed by atoms with Crippen molar-refractivity contribution in [2.75, 3.05) is 0 Å². The molecule has 1 unspecified atom stereocenters. The summed E-state index contributed by atoms with van der Waals surface area (Å²) in [7, 11) is -4.22. The Morgan fingerprint density at radius 2 is 2.00 bits per heavy atom. The molecule has 14 heavy (non-hydrogen) atoms. The number of hydrogen-bond acceptors (Lipinski definition) is 5. The zero-order chi connectivity index (χ0) is 10.8. The maximum atomic E-state index is 12.3. The molecule has 0 aliphatic carbocycles. The van der Waals surface area contributed by atoms with Crippen molar-refractivity contribution in [3.63, 3.8) is 0 Å². The summed E-state index contributed by atoms with van der Waals surface area (Å²) in [6.07, 6.45) is 1.64. The van der Waals surface area contributed by atoms with Crippen molar-refractivity contribution in [3.8, 4) is 0 Å². The van der Waals surface area contributed by atoms with Crippen molar-refractivity contribution in [2.24, 2.45) is 0 Å². The first-order valence-corrected chi connectivity index (χ1v) is 5.52. The third kappa shape index (κ3) is 3.20. The Labute approximate surface area is 85.5 Å². The number of halogens is 1. The van der Waals surface area contributed by atoms with Crippen LogP contribution in [0.1, 0.15) is 5.82 Å². The molecule has 0 fully saturated rings. The van der Waals surface area contributed by atoms with Crippen LogP contribution >= 0.6 is 12.6 Å². The first kappa shape index (κ1) is 11.3. The third-order valence-corrected chi connectivity index (χ3v) is 3.21. The molecule has 1 heterocycles. The van der Waals surface area contributed by atoms with Gasteiger partial charge in [0.2, 0.25) is 0 Å². The summed E-state index contributed by atoms with van der Waals surface area (Å²) in [5.74, 6) is -0.514. The summed E-state index contributed by atoms with van der Waals surface area (Å²) in [4.78, 5) is 7.04. The Balaban J connectivity index is 2.75. The first-order chi connectivity index (χ1) is 6.39. The molecule has 1 rings (SSSR count). The minimum atomic E-state index is -4.22. The molecule has 8 heteroatoms. The van der Waals surface area contributed by atoms with E-state index in [2.05, 4.69) is 22.6 Å². The second-order valence-corrected chi connectivity index (χ2v) is 5.06. The minimum Gasteiger partial charge on any atom is -0.285 e. The molecule has 0 amide bonds. The van der Waals surface area contributed by atoms with Crippen LogP contribution in [0.5, 0.6) is 0 Å². The van der Waals surface area contributed by atoms with Crippen molar-refractivity contribution in [1.29, 1.82) is 0 Å². The highest BCUT2D eigenvalue weighted by Crippen LogP contribution is 2.09. The monoisotopic (exact) mass is 238 g/mol. The summed E-state index contributed by atoms with van der Waals surface area (Å²) in [5.41, 5.74) is 0. The van der Waals surface area contributed by atoms with Crippen LogP contribution < -0.4 is 0 Å². The molecular formula is C6H7FN2O3S2. The van der Waals surface area contributed by atoms with Gasteiger partial charge in [-0.05, 0) is 0 Å². The van der Waals surface area contributed by atoms with Crippen LogP contribution in [-0.2, 0) is 16.5 Å². The number of thiol groups is 1. The highest BCUT2D eigenvalue weighted by atomic mass is 32.3. The van der Waals surface area contributed by atoms with Gasteiger partial charge >= 0.3 is 0 Å². The standard InChI is InChI=1S/C6H7FN2O3S2/c7-4-2-8-5(9-3-4)1-6(13)14(10,11)12/h2-3,6,13H,1H2,(H,10,11,12). The quantitative estimate of drug-likeness (QED) is 0.585. The molecule has 0 bridgehead atoms. The van der Waals surface area contributed by atoms with Gasteiger partial charge in [0, 0.05) is 6.42 Å². The van der Waals surface area contributed by atoms with Gasteiger partial charge in [-0.2, -0.15) is 21.0 Å². The van der Waals surface area contributed by atoms with Gasteiger partial charge in [-0.1, -0.05) is 0 Å². The van der Waals surface area contributed by atoms with Crippen molar-refractivity contribution >= 4 is 22.7 Å². The molecule has 78 valence electrons. The largest absolute Gasteiger partial charge is 0.285 e. The van der Waals surface area contributed by atoms with Gasteiger partial charge in [0.1, 0.15) is 10.4 Å². The van der Waals surface area contributed by atoms with E-state index in [0.717, 1.165) is 12.4 Å². The van der Waals surface area contributed by atoms with E-state index in [4.69, 9.17) is 4.55 Å². The van der Waals surface area contributed by atoms with Crippen LogP contribution in [0.2, 0.25) is 0 Å². The fourth-order valence-corrected chi connectivity index (χ4v) is 1.23. The maximum Gasteiger partial charge on any atom is 0.277 e. The summed E-state index contributed by atoms with van der Waals surface area (Å²) in [5, 5.41) is 0. The fourth-order valence-electron chi connectivity index (χ4n) is 0.706. The van der Waals surface area contributed by atoms with E-state index >= 15 is 0 Å². The Morgan fingerprint density at radius 3 is 2.43 bits per heavy atom. The van der Waals surface area contributed by atoms with E-state index in [1.165, 1.54) is 0 Å². The van der Waals surface area contributed by atoms with Gasteiger partial charge in [0.15, 0.2) is 5.82 Å². The highest BCUT2D eigenvalue weighted by molar-refractivity contribution is 8.01. The molecule has 1 aromatic rings. The van der Waals surface area contributed by atoms with E-state index in [-0.39, 0.29) is 12.2 Å². The predicted octanol–water partition coefficient (Wildman–Crippen LogP) is 0.302. The second-order valence-electron chi connectivity index (χ2n) is 2.49. The molecule has 0 saturated heterocycles. The first-order valence-electron chi connectivity index (χ1n) is 3.50. The van der Waals surface area contributed by atoms with E-state index in [0.29, 0.717) is 0 Å². The zero-order valence-corrected chi connectivity index (χ0v) is 8.54. The molecule has 0 aliphatic heterocycles. The highest BCUT2D eigenvalue weighted by Gasteiger charge is 2.19. The molecule has 1 atom stereocenters. The molecule has 1 aromatic heterocycles. The van der Waals surface area contributed by atoms with E-state index in [1.807, 2.05) is 0 Å². The van der Waals surface area contributed by atoms with Crippen molar-refractivity contribution in [2.45, 2.75) is 11.0 Å². The van der Waals surface area contributed by atoms with Crippen LogP contribution in [0.15, 0.2) is 12.4 Å². The average molecular weight is 238 g/mol. The summed E-state index contributed by atoms with van der Waals surface area (Å²) in [6.45, 7) is 0. The van der Waals surface area contributed by atoms with Gasteiger partial charge < -0.3 is 0 Å². The minimum absolute atomic E-state index is 0.101. The molecule has 0 spiro atoms. The van der Waals surface area contributed by atoms with Crippen molar-refractivity contribution in [3.05, 3.63) is 24.0 Å². The molecule has 5 nitrogen and oxygen atoms in total. The van der Waals surface area contributed by atoms with Gasteiger partial charge in [-0.25, -0.2) is 14.4 Å². The van der Waals surface area contributed by atoms with Gasteiger partial charge in [0.25, 0.3) is 10.1 Å². The van der Waals surface area contributed by atoms with Crippen LogP contribution in [0.4, 0.5) is 4.39 Å². The maximum absolute atomic E-state index is 12.3. The number of nitrogens with zero attached hydrogens (tertiary/aromatic N) is 2. The average Bonchev–Trinajstić information content (AvgIpc) is 2.07. The predicted molar refractivity (Wildman–Crippen MR) is 50.0 cm³/mol. The van der Waals surface area contributed by atoms with Gasteiger partial charge in [-0.15, -0.1) is 0 Å². The van der Waals surface area contributed by atoms with E-state index in [1.54, 1.807) is 0 Å². The zero-order valence-electron chi connectivity index (χ0n) is 6.83. The van der Waals surface area contributed by atoms with E-state index in [9.17, 15) is 12.8 Å². The molecule has 0 aliphatic rings. The molecule has 0 aromatic carbocycles. The van der Waals surface area contributed by atoms with Gasteiger partial charge in [0.05, 0.1) is 12.4 Å². The SMILES string of the molecule is O=S(=O)(O)C(S)Cc1ncc(F)cn1. The lowest BCUT2D eigenvalue weighted by Crippen LogP contribution is -2.18.